The van der Waals surface area contributed by atoms with Crippen molar-refractivity contribution in [3.05, 3.63) is 77.2 Å². The topological polar surface area (TPSA) is 118 Å². The van der Waals surface area contributed by atoms with Crippen molar-refractivity contribution in [1.82, 2.24) is 24.7 Å². The van der Waals surface area contributed by atoms with Crippen LogP contribution in [0.2, 0.25) is 5.02 Å². The van der Waals surface area contributed by atoms with Crippen LogP contribution in [0.4, 0.5) is 21.8 Å². The number of hydrogen-bond donors (Lipinski definition) is 3. The van der Waals surface area contributed by atoms with E-state index in [4.69, 9.17) is 11.6 Å². The highest BCUT2D eigenvalue weighted by Crippen LogP contribution is 2.29. The van der Waals surface area contributed by atoms with Gasteiger partial charge in [0.05, 0.1) is 16.8 Å². The minimum atomic E-state index is -1.09. The van der Waals surface area contributed by atoms with E-state index in [0.29, 0.717) is 29.2 Å². The summed E-state index contributed by atoms with van der Waals surface area (Å²) in [7, 11) is 1.82. The molecule has 0 aliphatic rings. The van der Waals surface area contributed by atoms with Crippen molar-refractivity contribution in [1.29, 1.82) is 0 Å². The molecule has 32 heavy (non-hydrogen) atoms. The van der Waals surface area contributed by atoms with Crippen LogP contribution in [0.25, 0.3) is 11.1 Å². The van der Waals surface area contributed by atoms with Crippen LogP contribution < -0.4 is 10.6 Å². The molecule has 3 aromatic heterocycles. The maximum absolute atomic E-state index is 13.4. The van der Waals surface area contributed by atoms with Gasteiger partial charge in [-0.25, -0.2) is 14.2 Å². The number of anilines is 3. The summed E-state index contributed by atoms with van der Waals surface area (Å²) in [4.78, 5) is 24.2. The van der Waals surface area contributed by atoms with Gasteiger partial charge < -0.3 is 15.7 Å². The van der Waals surface area contributed by atoms with E-state index in [1.165, 1.54) is 36.7 Å². The minimum absolute atomic E-state index is 0.0295. The van der Waals surface area contributed by atoms with Gasteiger partial charge >= 0.3 is 5.97 Å². The number of hydrogen-bond acceptors (Lipinski definition) is 7. The number of aromatic carboxylic acids is 1. The Balaban J connectivity index is 1.68. The summed E-state index contributed by atoms with van der Waals surface area (Å²) < 4.78 is 15.1. The van der Waals surface area contributed by atoms with Crippen molar-refractivity contribution in [3.63, 3.8) is 0 Å². The predicted molar refractivity (Wildman–Crippen MR) is 117 cm³/mol. The second kappa shape index (κ2) is 8.98. The van der Waals surface area contributed by atoms with E-state index < -0.39 is 11.8 Å². The van der Waals surface area contributed by atoms with E-state index in [1.54, 1.807) is 17.1 Å². The van der Waals surface area contributed by atoms with Crippen molar-refractivity contribution >= 4 is 35.0 Å². The molecule has 0 aliphatic carbocycles. The smallest absolute Gasteiger partial charge is 0.337 e. The molecule has 162 valence electrons. The molecule has 0 atom stereocenters. The highest BCUT2D eigenvalue weighted by atomic mass is 35.5. The summed E-state index contributed by atoms with van der Waals surface area (Å²) in [6.07, 6.45) is 7.94. The lowest BCUT2D eigenvalue weighted by molar-refractivity contribution is 0.0696. The molecular weight excluding hydrogens is 437 g/mol. The maximum atomic E-state index is 13.4. The second-order valence-corrected chi connectivity index (χ2v) is 7.26. The molecule has 0 aliphatic heterocycles. The Hall–Kier alpha value is -4.05. The van der Waals surface area contributed by atoms with E-state index in [0.717, 1.165) is 5.56 Å². The lowest BCUT2D eigenvalue weighted by Gasteiger charge is -2.13. The number of nitrogens with one attached hydrogen (secondary N) is 2. The molecule has 3 N–H and O–H groups in total. The van der Waals surface area contributed by atoms with Crippen LogP contribution >= 0.6 is 11.6 Å². The molecule has 0 spiro atoms. The first kappa shape index (κ1) is 21.2. The zero-order valence-electron chi connectivity index (χ0n) is 16.8. The number of pyridine rings is 1. The van der Waals surface area contributed by atoms with Gasteiger partial charge in [-0.05, 0) is 24.3 Å². The zero-order valence-corrected chi connectivity index (χ0v) is 17.5. The second-order valence-electron chi connectivity index (χ2n) is 6.85. The van der Waals surface area contributed by atoms with Gasteiger partial charge in [0.1, 0.15) is 11.6 Å². The monoisotopic (exact) mass is 453 g/mol. The number of benzene rings is 1. The normalized spacial score (nSPS) is 10.7. The summed E-state index contributed by atoms with van der Waals surface area (Å²) in [5.41, 5.74) is 2.58. The fourth-order valence-corrected chi connectivity index (χ4v) is 3.12. The van der Waals surface area contributed by atoms with Gasteiger partial charge in [0.2, 0.25) is 5.95 Å². The van der Waals surface area contributed by atoms with E-state index in [-0.39, 0.29) is 16.5 Å². The van der Waals surface area contributed by atoms with Crippen LogP contribution in [0.15, 0.2) is 55.2 Å². The number of rotatable bonds is 7. The molecule has 9 nitrogen and oxygen atoms in total. The van der Waals surface area contributed by atoms with E-state index in [1.807, 2.05) is 13.2 Å². The fourth-order valence-electron chi connectivity index (χ4n) is 2.94. The first-order valence-electron chi connectivity index (χ1n) is 9.38. The fraction of sp³-hybridized carbons (Fsp3) is 0.0952. The van der Waals surface area contributed by atoms with Crippen LogP contribution in [0.1, 0.15) is 15.9 Å². The largest absolute Gasteiger partial charge is 0.478 e. The van der Waals surface area contributed by atoms with Gasteiger partial charge in [-0.2, -0.15) is 10.1 Å². The quantitative estimate of drug-likeness (QED) is 0.382. The van der Waals surface area contributed by atoms with Gasteiger partial charge in [0.15, 0.2) is 0 Å². The minimum Gasteiger partial charge on any atom is -0.478 e. The predicted octanol–water partition coefficient (Wildman–Crippen LogP) is 4.12. The summed E-state index contributed by atoms with van der Waals surface area (Å²) in [6.45, 7) is 0.422. The van der Waals surface area contributed by atoms with Gasteiger partial charge in [0, 0.05) is 60.8 Å². The number of carbonyl (C=O) groups is 1. The Morgan fingerprint density at radius 2 is 2.06 bits per heavy atom. The number of carboxylic acid groups (broad SMARTS) is 1. The average Bonchev–Trinajstić information content (AvgIpc) is 3.20. The van der Waals surface area contributed by atoms with E-state index >= 15 is 0 Å². The molecule has 11 heteroatoms. The Labute approximate surface area is 186 Å². The molecule has 4 rings (SSSR count). The molecular formula is C21H17ClFN7O2. The lowest BCUT2D eigenvalue weighted by atomic mass is 10.1. The maximum Gasteiger partial charge on any atom is 0.337 e. The van der Waals surface area contributed by atoms with Crippen LogP contribution in [-0.2, 0) is 13.6 Å². The SMILES string of the molecule is Cn1cc(CNc2nc(Nc3ccc(F)c(Cl)c3)ncc2-c2cncc(C(=O)O)c2)cn1. The van der Waals surface area contributed by atoms with Gasteiger partial charge in [0.25, 0.3) is 0 Å². The molecule has 3 heterocycles. The van der Waals surface area contributed by atoms with Gasteiger partial charge in [-0.15, -0.1) is 0 Å². The Bertz CT molecular complexity index is 1290. The summed E-state index contributed by atoms with van der Waals surface area (Å²) in [6, 6.07) is 5.68. The lowest BCUT2D eigenvalue weighted by Crippen LogP contribution is -2.07. The number of nitrogens with zero attached hydrogens (tertiary/aromatic N) is 5. The van der Waals surface area contributed by atoms with Crippen molar-refractivity contribution < 1.29 is 14.3 Å². The highest BCUT2D eigenvalue weighted by Gasteiger charge is 2.13. The molecule has 0 fully saturated rings. The number of carboxylic acids is 1. The third-order valence-corrected chi connectivity index (χ3v) is 4.77. The summed E-state index contributed by atoms with van der Waals surface area (Å²) >= 11 is 5.85. The molecule has 0 saturated heterocycles. The van der Waals surface area contributed by atoms with Crippen molar-refractivity contribution in [2.24, 2.45) is 7.05 Å². The Morgan fingerprint density at radius 1 is 1.22 bits per heavy atom. The number of halogens is 2. The number of aryl methyl sites for hydroxylation is 1. The molecule has 0 saturated carbocycles. The first-order chi connectivity index (χ1) is 15.4. The first-order valence-corrected chi connectivity index (χ1v) is 9.76. The number of aromatic nitrogens is 5. The zero-order chi connectivity index (χ0) is 22.7. The van der Waals surface area contributed by atoms with Crippen molar-refractivity contribution in [2.75, 3.05) is 10.6 Å². The molecule has 0 bridgehead atoms. The molecule has 4 aromatic rings. The van der Waals surface area contributed by atoms with Crippen LogP contribution in [-0.4, -0.2) is 35.8 Å². The van der Waals surface area contributed by atoms with Gasteiger partial charge in [-0.1, -0.05) is 11.6 Å². The van der Waals surface area contributed by atoms with Gasteiger partial charge in [-0.3, -0.25) is 9.67 Å². The van der Waals surface area contributed by atoms with Crippen LogP contribution in [0.3, 0.4) is 0 Å². The van der Waals surface area contributed by atoms with Crippen molar-refractivity contribution in [3.8, 4) is 11.1 Å². The Morgan fingerprint density at radius 3 is 2.78 bits per heavy atom. The third-order valence-electron chi connectivity index (χ3n) is 4.48. The Kier molecular flexibility index (Phi) is 5.95. The molecule has 0 radical (unpaired) electrons. The molecule has 0 unspecified atom stereocenters. The average molecular weight is 454 g/mol. The van der Waals surface area contributed by atoms with Crippen LogP contribution in [0, 0.1) is 5.82 Å². The standard InChI is InChI=1S/C21H17ClFN7O2/c1-30-11-12(7-27-30)6-25-19-16(13-4-14(20(31)32)9-24-8-13)10-26-21(29-19)28-15-2-3-18(23)17(22)5-15/h2-5,7-11H,6H2,1H3,(H,31,32)(H2,25,26,28,29). The van der Waals surface area contributed by atoms with Crippen LogP contribution in [0.5, 0.6) is 0 Å². The van der Waals surface area contributed by atoms with Crippen molar-refractivity contribution in [2.45, 2.75) is 6.54 Å². The summed E-state index contributed by atoms with van der Waals surface area (Å²) in [5.74, 6) is -0.925. The molecule has 0 amide bonds. The summed E-state index contributed by atoms with van der Waals surface area (Å²) in [5, 5.41) is 19.6. The third kappa shape index (κ3) is 4.81. The highest BCUT2D eigenvalue weighted by molar-refractivity contribution is 6.31. The van der Waals surface area contributed by atoms with E-state index in [2.05, 4.69) is 30.7 Å². The van der Waals surface area contributed by atoms with E-state index in [9.17, 15) is 14.3 Å². The molecule has 1 aromatic carbocycles.